The first kappa shape index (κ1) is 15.3. The van der Waals surface area contributed by atoms with E-state index in [1.165, 1.54) is 0 Å². The predicted octanol–water partition coefficient (Wildman–Crippen LogP) is 1.74. The molecule has 2 rings (SSSR count). The number of anilines is 1. The van der Waals surface area contributed by atoms with Crippen molar-refractivity contribution < 1.29 is 14.3 Å². The zero-order valence-corrected chi connectivity index (χ0v) is 12.1. The van der Waals surface area contributed by atoms with Crippen molar-refractivity contribution in [2.45, 2.75) is 25.8 Å². The highest BCUT2D eigenvalue weighted by atomic mass is 16.5. The van der Waals surface area contributed by atoms with Gasteiger partial charge in [0.2, 0.25) is 0 Å². The Morgan fingerprint density at radius 1 is 1.24 bits per heavy atom. The van der Waals surface area contributed by atoms with Gasteiger partial charge in [0.15, 0.2) is 0 Å². The van der Waals surface area contributed by atoms with Crippen LogP contribution in [-0.4, -0.2) is 37.7 Å². The molecule has 3 N–H and O–H groups in total. The summed E-state index contributed by atoms with van der Waals surface area (Å²) in [5, 5.41) is 8.96. The maximum absolute atomic E-state index is 11.9. The second kappa shape index (κ2) is 7.64. The highest BCUT2D eigenvalue weighted by Gasteiger charge is 2.15. The fourth-order valence-corrected chi connectivity index (χ4v) is 2.22. The maximum Gasteiger partial charge on any atom is 0.338 e. The summed E-state index contributed by atoms with van der Waals surface area (Å²) in [6, 6.07) is 6.65. The minimum Gasteiger partial charge on any atom is -0.462 e. The molecule has 1 aliphatic heterocycles. The number of carbonyl (C=O) groups excluding carboxylic acids is 2. The Balaban J connectivity index is 1.84. The van der Waals surface area contributed by atoms with Gasteiger partial charge in [-0.1, -0.05) is 0 Å². The molecule has 1 fully saturated rings. The highest BCUT2D eigenvalue weighted by molar-refractivity contribution is 5.92. The van der Waals surface area contributed by atoms with Crippen molar-refractivity contribution >= 4 is 17.7 Å². The number of amides is 2. The number of carbonyl (C=O) groups is 2. The molecule has 1 heterocycles. The molecule has 0 saturated carbocycles. The quantitative estimate of drug-likeness (QED) is 0.738. The fraction of sp³-hybridized carbons (Fsp3) is 0.467. The first-order valence-electron chi connectivity index (χ1n) is 7.24. The summed E-state index contributed by atoms with van der Waals surface area (Å²) in [5.41, 5.74) is 1.12. The van der Waals surface area contributed by atoms with Crippen LogP contribution in [0.4, 0.5) is 10.5 Å². The minimum absolute atomic E-state index is 0.213. The number of piperidine rings is 1. The van der Waals surface area contributed by atoms with Crippen LogP contribution in [0.1, 0.15) is 30.1 Å². The molecule has 0 atom stereocenters. The van der Waals surface area contributed by atoms with E-state index in [0.29, 0.717) is 17.9 Å². The van der Waals surface area contributed by atoms with Crippen LogP contribution in [0, 0.1) is 0 Å². The van der Waals surface area contributed by atoms with Gasteiger partial charge in [-0.05, 0) is 57.1 Å². The normalized spacial score (nSPS) is 15.3. The molecule has 0 unspecified atom stereocenters. The fourth-order valence-electron chi connectivity index (χ4n) is 2.22. The summed E-state index contributed by atoms with van der Waals surface area (Å²) in [5.74, 6) is -0.358. The first-order valence-corrected chi connectivity index (χ1v) is 7.24. The number of esters is 1. The van der Waals surface area contributed by atoms with Crippen LogP contribution < -0.4 is 16.0 Å². The molecule has 0 aliphatic carbocycles. The molecule has 1 aliphatic rings. The van der Waals surface area contributed by atoms with Crippen LogP contribution in [-0.2, 0) is 4.74 Å². The molecule has 1 aromatic carbocycles. The van der Waals surface area contributed by atoms with Gasteiger partial charge < -0.3 is 20.7 Å². The van der Waals surface area contributed by atoms with Crippen molar-refractivity contribution in [3.8, 4) is 0 Å². The maximum atomic E-state index is 11.9. The summed E-state index contributed by atoms with van der Waals surface area (Å²) in [7, 11) is 0. The van der Waals surface area contributed by atoms with E-state index in [-0.39, 0.29) is 18.0 Å². The van der Waals surface area contributed by atoms with Gasteiger partial charge in [-0.15, -0.1) is 0 Å². The summed E-state index contributed by atoms with van der Waals surface area (Å²) in [4.78, 5) is 23.4. The summed E-state index contributed by atoms with van der Waals surface area (Å²) in [6.07, 6.45) is 1.88. The van der Waals surface area contributed by atoms with Gasteiger partial charge in [0.1, 0.15) is 0 Å². The van der Waals surface area contributed by atoms with Crippen molar-refractivity contribution in [3.63, 3.8) is 0 Å². The van der Waals surface area contributed by atoms with E-state index in [1.54, 1.807) is 31.2 Å². The summed E-state index contributed by atoms with van der Waals surface area (Å²) >= 11 is 0. The average Bonchev–Trinajstić information content (AvgIpc) is 2.49. The number of benzene rings is 1. The van der Waals surface area contributed by atoms with Gasteiger partial charge in [-0.25, -0.2) is 9.59 Å². The Labute approximate surface area is 124 Å². The van der Waals surface area contributed by atoms with Crippen LogP contribution in [0.5, 0.6) is 0 Å². The van der Waals surface area contributed by atoms with Gasteiger partial charge >= 0.3 is 12.0 Å². The van der Waals surface area contributed by atoms with Crippen molar-refractivity contribution in [3.05, 3.63) is 29.8 Å². The lowest BCUT2D eigenvalue weighted by Gasteiger charge is -2.23. The molecule has 0 spiro atoms. The van der Waals surface area contributed by atoms with E-state index in [2.05, 4.69) is 16.0 Å². The summed E-state index contributed by atoms with van der Waals surface area (Å²) < 4.78 is 4.90. The Morgan fingerprint density at radius 3 is 2.52 bits per heavy atom. The lowest BCUT2D eigenvalue weighted by molar-refractivity contribution is 0.0526. The van der Waals surface area contributed by atoms with Crippen LogP contribution >= 0.6 is 0 Å². The van der Waals surface area contributed by atoms with E-state index in [9.17, 15) is 9.59 Å². The molecular weight excluding hydrogens is 270 g/mol. The van der Waals surface area contributed by atoms with Crippen molar-refractivity contribution in [1.29, 1.82) is 0 Å². The molecule has 114 valence electrons. The minimum atomic E-state index is -0.358. The van der Waals surface area contributed by atoms with E-state index >= 15 is 0 Å². The van der Waals surface area contributed by atoms with Crippen LogP contribution in [0.15, 0.2) is 24.3 Å². The van der Waals surface area contributed by atoms with Crippen LogP contribution in [0.2, 0.25) is 0 Å². The SMILES string of the molecule is CCOC(=O)c1ccc(NC(=O)NC2CCNCC2)cc1. The largest absolute Gasteiger partial charge is 0.462 e. The highest BCUT2D eigenvalue weighted by Crippen LogP contribution is 2.11. The van der Waals surface area contributed by atoms with Gasteiger partial charge in [-0.2, -0.15) is 0 Å². The number of ether oxygens (including phenoxy) is 1. The first-order chi connectivity index (χ1) is 10.2. The number of nitrogens with one attached hydrogen (secondary N) is 3. The molecule has 6 heteroatoms. The molecule has 0 bridgehead atoms. The second-order valence-electron chi connectivity index (χ2n) is 4.92. The van der Waals surface area contributed by atoms with Crippen molar-refractivity contribution in [2.75, 3.05) is 25.0 Å². The van der Waals surface area contributed by atoms with E-state index < -0.39 is 0 Å². The van der Waals surface area contributed by atoms with Gasteiger partial charge in [-0.3, -0.25) is 0 Å². The van der Waals surface area contributed by atoms with E-state index in [0.717, 1.165) is 25.9 Å². The third-order valence-corrected chi connectivity index (χ3v) is 3.33. The second-order valence-corrected chi connectivity index (χ2v) is 4.92. The number of urea groups is 1. The Bertz CT molecular complexity index is 481. The molecule has 21 heavy (non-hydrogen) atoms. The number of hydrogen-bond donors (Lipinski definition) is 3. The smallest absolute Gasteiger partial charge is 0.338 e. The molecule has 2 amide bonds. The predicted molar refractivity (Wildman–Crippen MR) is 80.4 cm³/mol. The third-order valence-electron chi connectivity index (χ3n) is 3.33. The standard InChI is InChI=1S/C15H21N3O3/c1-2-21-14(19)11-3-5-12(6-4-11)17-15(20)18-13-7-9-16-10-8-13/h3-6,13,16H,2,7-10H2,1H3,(H2,17,18,20). The number of rotatable bonds is 4. The summed E-state index contributed by atoms with van der Waals surface area (Å²) in [6.45, 7) is 3.97. The zero-order chi connectivity index (χ0) is 15.1. The monoisotopic (exact) mass is 291 g/mol. The van der Waals surface area contributed by atoms with Crippen molar-refractivity contribution in [2.24, 2.45) is 0 Å². The topological polar surface area (TPSA) is 79.5 Å². The molecule has 1 aromatic rings. The van der Waals surface area contributed by atoms with Crippen LogP contribution in [0.3, 0.4) is 0 Å². The Kier molecular flexibility index (Phi) is 5.57. The number of hydrogen-bond acceptors (Lipinski definition) is 4. The van der Waals surface area contributed by atoms with Gasteiger partial charge in [0.25, 0.3) is 0 Å². The van der Waals surface area contributed by atoms with E-state index in [4.69, 9.17) is 4.74 Å². The average molecular weight is 291 g/mol. The third kappa shape index (κ3) is 4.75. The molecular formula is C15H21N3O3. The van der Waals surface area contributed by atoms with Gasteiger partial charge in [0, 0.05) is 11.7 Å². The lowest BCUT2D eigenvalue weighted by Crippen LogP contribution is -2.44. The van der Waals surface area contributed by atoms with Gasteiger partial charge in [0.05, 0.1) is 12.2 Å². The Morgan fingerprint density at radius 2 is 1.90 bits per heavy atom. The van der Waals surface area contributed by atoms with E-state index in [1.807, 2.05) is 0 Å². The zero-order valence-electron chi connectivity index (χ0n) is 12.1. The molecule has 6 nitrogen and oxygen atoms in total. The lowest BCUT2D eigenvalue weighted by atomic mass is 10.1. The molecule has 0 aromatic heterocycles. The molecule has 1 saturated heterocycles. The Hall–Kier alpha value is -2.08. The van der Waals surface area contributed by atoms with Crippen molar-refractivity contribution in [1.82, 2.24) is 10.6 Å². The molecule has 0 radical (unpaired) electrons. The van der Waals surface area contributed by atoms with Crippen LogP contribution in [0.25, 0.3) is 0 Å².